The number of hydrazone groups is 1. The fraction of sp³-hybridized carbons (Fsp3) is 0. The predicted octanol–water partition coefficient (Wildman–Crippen LogP) is 5.64. The van der Waals surface area contributed by atoms with Crippen LogP contribution in [0.5, 0.6) is 5.75 Å². The Morgan fingerprint density at radius 1 is 1.07 bits per heavy atom. The second kappa shape index (κ2) is 10.2. The van der Waals surface area contributed by atoms with Crippen molar-refractivity contribution in [3.8, 4) is 5.75 Å². The lowest BCUT2D eigenvalue weighted by molar-refractivity contribution is 0.0734. The topological polar surface area (TPSA) is 62.7 Å². The van der Waals surface area contributed by atoms with Crippen LogP contribution in [0.3, 0.4) is 0 Å². The molecule has 2 N–H and O–H groups in total. The zero-order valence-electron chi connectivity index (χ0n) is 14.9. The summed E-state index contributed by atoms with van der Waals surface area (Å²) in [5.41, 5.74) is 4.77. The zero-order chi connectivity index (χ0) is 20.6. The molecule has 29 heavy (non-hydrogen) atoms. The molecule has 146 valence electrons. The van der Waals surface area contributed by atoms with Crippen LogP contribution in [0.25, 0.3) is 0 Å². The third kappa shape index (κ3) is 6.39. The number of benzene rings is 3. The molecule has 0 heterocycles. The van der Waals surface area contributed by atoms with E-state index in [1.165, 1.54) is 0 Å². The van der Waals surface area contributed by atoms with Crippen LogP contribution in [-0.4, -0.2) is 17.3 Å². The Morgan fingerprint density at radius 3 is 2.55 bits per heavy atom. The summed E-state index contributed by atoms with van der Waals surface area (Å²) in [6.07, 6.45) is 1.60. The van der Waals surface area contributed by atoms with Gasteiger partial charge in [0.25, 0.3) is 0 Å². The van der Waals surface area contributed by atoms with E-state index in [0.29, 0.717) is 25.9 Å². The lowest BCUT2D eigenvalue weighted by atomic mass is 10.2. The van der Waals surface area contributed by atoms with E-state index in [0.717, 1.165) is 11.3 Å². The van der Waals surface area contributed by atoms with Crippen molar-refractivity contribution in [2.75, 3.05) is 5.32 Å². The van der Waals surface area contributed by atoms with Crippen LogP contribution >= 0.6 is 39.7 Å². The van der Waals surface area contributed by atoms with Crippen molar-refractivity contribution in [3.05, 3.63) is 93.4 Å². The van der Waals surface area contributed by atoms with Crippen LogP contribution in [0.15, 0.2) is 82.4 Å². The van der Waals surface area contributed by atoms with Gasteiger partial charge in [0, 0.05) is 15.2 Å². The number of nitrogens with zero attached hydrogens (tertiary/aromatic N) is 1. The summed E-state index contributed by atoms with van der Waals surface area (Å²) in [6.45, 7) is 0. The Morgan fingerprint density at radius 2 is 1.83 bits per heavy atom. The summed E-state index contributed by atoms with van der Waals surface area (Å²) in [6, 6.07) is 21.2. The average molecular weight is 489 g/mol. The Labute approximate surface area is 186 Å². The third-order valence-corrected chi connectivity index (χ3v) is 4.77. The van der Waals surface area contributed by atoms with Gasteiger partial charge in [-0.3, -0.25) is 5.43 Å². The maximum Gasteiger partial charge on any atom is 0.344 e. The van der Waals surface area contributed by atoms with E-state index in [-0.39, 0.29) is 0 Å². The second-order valence-electron chi connectivity index (χ2n) is 5.77. The summed E-state index contributed by atoms with van der Waals surface area (Å²) < 4.78 is 6.07. The highest BCUT2D eigenvalue weighted by Gasteiger charge is 2.11. The van der Waals surface area contributed by atoms with Crippen LogP contribution in [0.1, 0.15) is 15.9 Å². The number of esters is 1. The summed E-state index contributed by atoms with van der Waals surface area (Å²) in [5.74, 6) is 0.00648. The van der Waals surface area contributed by atoms with E-state index < -0.39 is 5.97 Å². The van der Waals surface area contributed by atoms with Gasteiger partial charge >= 0.3 is 5.97 Å². The molecule has 0 radical (unpaired) electrons. The number of ether oxygens (including phenoxy) is 1. The van der Waals surface area contributed by atoms with E-state index >= 15 is 0 Å². The first kappa shape index (κ1) is 21.0. The number of hydrogen-bond donors (Lipinski definition) is 2. The highest BCUT2D eigenvalue weighted by Crippen LogP contribution is 2.19. The highest BCUT2D eigenvalue weighted by molar-refractivity contribution is 9.10. The molecule has 0 aliphatic heterocycles. The quantitative estimate of drug-likeness (QED) is 0.160. The van der Waals surface area contributed by atoms with Gasteiger partial charge in [0.15, 0.2) is 5.11 Å². The van der Waals surface area contributed by atoms with Gasteiger partial charge in [-0.05, 0) is 88.3 Å². The molecule has 0 saturated heterocycles. The maximum absolute atomic E-state index is 12.2. The van der Waals surface area contributed by atoms with Gasteiger partial charge in [-0.25, -0.2) is 4.79 Å². The normalized spacial score (nSPS) is 10.6. The van der Waals surface area contributed by atoms with E-state index in [2.05, 4.69) is 31.8 Å². The minimum absolute atomic E-state index is 0.336. The molecule has 0 spiro atoms. The van der Waals surface area contributed by atoms with Crippen molar-refractivity contribution in [2.24, 2.45) is 5.10 Å². The van der Waals surface area contributed by atoms with E-state index in [1.807, 2.05) is 18.2 Å². The first-order valence-electron chi connectivity index (χ1n) is 8.44. The molecule has 3 rings (SSSR count). The fourth-order valence-corrected chi connectivity index (χ4v) is 3.11. The molecule has 0 atom stereocenters. The monoisotopic (exact) mass is 487 g/mol. The summed E-state index contributed by atoms with van der Waals surface area (Å²) in [7, 11) is 0. The average Bonchev–Trinajstić information content (AvgIpc) is 2.69. The van der Waals surface area contributed by atoms with Gasteiger partial charge in [-0.15, -0.1) is 0 Å². The molecule has 5 nitrogen and oxygen atoms in total. The minimum Gasteiger partial charge on any atom is -0.423 e. The minimum atomic E-state index is -0.432. The molecule has 0 amide bonds. The van der Waals surface area contributed by atoms with Crippen LogP contribution in [0.2, 0.25) is 5.02 Å². The number of anilines is 1. The number of halogens is 2. The molecule has 3 aromatic rings. The number of rotatable bonds is 5. The number of carbonyl (C=O) groups is 1. The predicted molar refractivity (Wildman–Crippen MR) is 124 cm³/mol. The van der Waals surface area contributed by atoms with Crippen molar-refractivity contribution in [1.29, 1.82) is 0 Å². The molecule has 0 aliphatic rings. The second-order valence-corrected chi connectivity index (χ2v) is 7.47. The first-order chi connectivity index (χ1) is 14.0. The SMILES string of the molecule is O=C(Oc1ccc(/C=N/NC(=S)Nc2cccc(Cl)c2)cc1)c1ccccc1Br. The highest BCUT2D eigenvalue weighted by atomic mass is 79.9. The standard InChI is InChI=1S/C21H15BrClN3O2S/c22-19-7-2-1-6-18(19)20(27)28-17-10-8-14(9-11-17)13-24-26-21(29)25-16-5-3-4-15(23)12-16/h1-13H,(H2,25,26,29)/b24-13+. The maximum atomic E-state index is 12.2. The lowest BCUT2D eigenvalue weighted by Crippen LogP contribution is -2.23. The lowest BCUT2D eigenvalue weighted by Gasteiger charge is -2.07. The number of nitrogens with one attached hydrogen (secondary N) is 2. The third-order valence-electron chi connectivity index (χ3n) is 3.65. The summed E-state index contributed by atoms with van der Waals surface area (Å²) >= 11 is 14.5. The van der Waals surface area contributed by atoms with Crippen LogP contribution in [0.4, 0.5) is 5.69 Å². The molecular weight excluding hydrogens is 474 g/mol. The number of carbonyl (C=O) groups excluding carboxylic acids is 1. The van der Waals surface area contributed by atoms with Crippen LogP contribution in [-0.2, 0) is 0 Å². The van der Waals surface area contributed by atoms with Crippen molar-refractivity contribution >= 4 is 62.7 Å². The van der Waals surface area contributed by atoms with Gasteiger partial charge in [0.2, 0.25) is 0 Å². The molecule has 3 aromatic carbocycles. The van der Waals surface area contributed by atoms with Gasteiger partial charge in [-0.2, -0.15) is 5.10 Å². The van der Waals surface area contributed by atoms with E-state index in [4.69, 9.17) is 28.6 Å². The summed E-state index contributed by atoms with van der Waals surface area (Å²) in [4.78, 5) is 12.2. The van der Waals surface area contributed by atoms with Crippen LogP contribution < -0.4 is 15.5 Å². The Hall–Kier alpha value is -2.74. The van der Waals surface area contributed by atoms with Gasteiger partial charge in [0.05, 0.1) is 11.8 Å². The molecule has 0 aliphatic carbocycles. The molecule has 0 saturated carbocycles. The van der Waals surface area contributed by atoms with Gasteiger partial charge in [0.1, 0.15) is 5.75 Å². The van der Waals surface area contributed by atoms with Crippen molar-refractivity contribution < 1.29 is 9.53 Å². The van der Waals surface area contributed by atoms with Crippen molar-refractivity contribution in [2.45, 2.75) is 0 Å². The Bertz CT molecular complexity index is 1060. The number of thiocarbonyl (C=S) groups is 1. The molecule has 0 unspecified atom stereocenters. The Balaban J connectivity index is 1.53. The molecule has 0 fully saturated rings. The smallest absolute Gasteiger partial charge is 0.344 e. The van der Waals surface area contributed by atoms with E-state index in [1.54, 1.807) is 60.8 Å². The van der Waals surface area contributed by atoms with Gasteiger partial charge in [-0.1, -0.05) is 29.8 Å². The van der Waals surface area contributed by atoms with Crippen LogP contribution in [0, 0.1) is 0 Å². The number of hydrogen-bond acceptors (Lipinski definition) is 4. The fourth-order valence-electron chi connectivity index (χ4n) is 2.30. The molecule has 0 bridgehead atoms. The first-order valence-corrected chi connectivity index (χ1v) is 10.0. The molecule has 8 heteroatoms. The van der Waals surface area contributed by atoms with E-state index in [9.17, 15) is 4.79 Å². The molecular formula is C21H15BrClN3O2S. The van der Waals surface area contributed by atoms with Crippen molar-refractivity contribution in [1.82, 2.24) is 5.43 Å². The van der Waals surface area contributed by atoms with Gasteiger partial charge < -0.3 is 10.1 Å². The largest absolute Gasteiger partial charge is 0.423 e. The zero-order valence-corrected chi connectivity index (χ0v) is 18.1. The summed E-state index contributed by atoms with van der Waals surface area (Å²) in [5, 5.41) is 8.01. The molecule has 0 aromatic heterocycles. The van der Waals surface area contributed by atoms with Crippen molar-refractivity contribution in [3.63, 3.8) is 0 Å². The Kier molecular flexibility index (Phi) is 7.35.